The molecule has 3 rings (SSSR count). The van der Waals surface area contributed by atoms with E-state index >= 15 is 0 Å². The Bertz CT molecular complexity index is 626. The predicted molar refractivity (Wildman–Crippen MR) is 67.8 cm³/mol. The van der Waals surface area contributed by atoms with Gasteiger partial charge in [-0.2, -0.15) is 0 Å². The highest BCUT2D eigenvalue weighted by Gasteiger charge is 2.19. The third-order valence-electron chi connectivity index (χ3n) is 3.27. The Labute approximate surface area is 99.2 Å². The third-order valence-corrected chi connectivity index (χ3v) is 3.27. The van der Waals surface area contributed by atoms with Gasteiger partial charge in [-0.1, -0.05) is 42.5 Å². The lowest BCUT2D eigenvalue weighted by molar-refractivity contribution is -0.140. The smallest absolute Gasteiger partial charge is 0.310 e. The van der Waals surface area contributed by atoms with Crippen LogP contribution in [-0.2, 0) is 11.2 Å². The van der Waals surface area contributed by atoms with E-state index < -0.39 is 5.97 Å². The number of fused-ring (bicyclic) bond motifs is 2. The van der Waals surface area contributed by atoms with Crippen molar-refractivity contribution in [3.05, 3.63) is 53.6 Å². The SMILES string of the molecule is O=C(O)C1C=Cc2cc3ccccc3cc2C1. The van der Waals surface area contributed by atoms with Crippen molar-refractivity contribution in [1.29, 1.82) is 0 Å². The van der Waals surface area contributed by atoms with Gasteiger partial charge >= 0.3 is 5.97 Å². The summed E-state index contributed by atoms with van der Waals surface area (Å²) < 4.78 is 0. The highest BCUT2D eigenvalue weighted by Crippen LogP contribution is 2.27. The molecule has 2 aromatic carbocycles. The second kappa shape index (κ2) is 3.74. The fourth-order valence-corrected chi connectivity index (χ4v) is 2.33. The summed E-state index contributed by atoms with van der Waals surface area (Å²) in [6.07, 6.45) is 4.29. The molecule has 0 aromatic heterocycles. The van der Waals surface area contributed by atoms with Gasteiger partial charge in [-0.15, -0.1) is 0 Å². The molecule has 0 heterocycles. The standard InChI is InChI=1S/C15H12O2/c16-15(17)13-6-5-12-7-10-3-1-2-4-11(10)8-14(12)9-13/h1-8,13H,9H2,(H,16,17). The summed E-state index contributed by atoms with van der Waals surface area (Å²) in [6.45, 7) is 0. The zero-order valence-corrected chi connectivity index (χ0v) is 9.26. The minimum atomic E-state index is -0.750. The number of hydrogen-bond acceptors (Lipinski definition) is 1. The fraction of sp³-hybridized carbons (Fsp3) is 0.133. The van der Waals surface area contributed by atoms with E-state index in [0.717, 1.165) is 11.1 Å². The van der Waals surface area contributed by atoms with Crippen LogP contribution >= 0.6 is 0 Å². The second-order valence-corrected chi connectivity index (χ2v) is 4.41. The molecule has 0 aliphatic heterocycles. The molecule has 1 atom stereocenters. The van der Waals surface area contributed by atoms with Crippen LogP contribution in [0.25, 0.3) is 16.8 Å². The van der Waals surface area contributed by atoms with Gasteiger partial charge in [-0.3, -0.25) is 4.79 Å². The van der Waals surface area contributed by atoms with Gasteiger partial charge in [-0.05, 0) is 34.4 Å². The Kier molecular flexibility index (Phi) is 2.22. The van der Waals surface area contributed by atoms with Gasteiger partial charge in [0.15, 0.2) is 0 Å². The summed E-state index contributed by atoms with van der Waals surface area (Å²) in [7, 11) is 0. The highest BCUT2D eigenvalue weighted by atomic mass is 16.4. The molecular weight excluding hydrogens is 212 g/mol. The molecule has 2 aromatic rings. The highest BCUT2D eigenvalue weighted by molar-refractivity contribution is 5.87. The molecule has 0 spiro atoms. The largest absolute Gasteiger partial charge is 0.481 e. The normalized spacial score (nSPS) is 18.0. The van der Waals surface area contributed by atoms with E-state index in [1.807, 2.05) is 18.2 Å². The quantitative estimate of drug-likeness (QED) is 0.808. The molecule has 0 radical (unpaired) electrons. The zero-order valence-electron chi connectivity index (χ0n) is 9.26. The van der Waals surface area contributed by atoms with Gasteiger partial charge in [0.05, 0.1) is 5.92 Å². The first-order valence-electron chi connectivity index (χ1n) is 5.67. The second-order valence-electron chi connectivity index (χ2n) is 4.41. The van der Waals surface area contributed by atoms with E-state index in [2.05, 4.69) is 24.3 Å². The van der Waals surface area contributed by atoms with E-state index in [9.17, 15) is 4.79 Å². The van der Waals surface area contributed by atoms with Crippen molar-refractivity contribution in [3.8, 4) is 0 Å². The maximum atomic E-state index is 11.0. The van der Waals surface area contributed by atoms with Gasteiger partial charge in [0.25, 0.3) is 0 Å². The molecule has 17 heavy (non-hydrogen) atoms. The van der Waals surface area contributed by atoms with Crippen molar-refractivity contribution in [3.63, 3.8) is 0 Å². The third kappa shape index (κ3) is 1.72. The lowest BCUT2D eigenvalue weighted by Crippen LogP contribution is -2.16. The molecule has 0 amide bonds. The molecule has 0 bridgehead atoms. The molecule has 0 saturated heterocycles. The molecule has 0 saturated carbocycles. The van der Waals surface area contributed by atoms with Crippen LogP contribution in [0.1, 0.15) is 11.1 Å². The van der Waals surface area contributed by atoms with Gasteiger partial charge in [0.1, 0.15) is 0 Å². The van der Waals surface area contributed by atoms with Gasteiger partial charge in [0.2, 0.25) is 0 Å². The Hall–Kier alpha value is -2.09. The lowest BCUT2D eigenvalue weighted by atomic mass is 9.88. The number of benzene rings is 2. The number of hydrogen-bond donors (Lipinski definition) is 1. The summed E-state index contributed by atoms with van der Waals surface area (Å²) in [5.74, 6) is -1.14. The number of aliphatic carboxylic acids is 1. The van der Waals surface area contributed by atoms with Crippen molar-refractivity contribution >= 4 is 22.8 Å². The number of carbonyl (C=O) groups is 1. The maximum absolute atomic E-state index is 11.0. The molecule has 2 nitrogen and oxygen atoms in total. The fourth-order valence-electron chi connectivity index (χ4n) is 2.33. The van der Waals surface area contributed by atoms with Crippen LogP contribution in [0.3, 0.4) is 0 Å². The molecule has 1 aliphatic carbocycles. The van der Waals surface area contributed by atoms with E-state index in [1.165, 1.54) is 10.8 Å². The van der Waals surface area contributed by atoms with E-state index in [4.69, 9.17) is 5.11 Å². The van der Waals surface area contributed by atoms with E-state index in [0.29, 0.717) is 6.42 Å². The van der Waals surface area contributed by atoms with Gasteiger partial charge in [-0.25, -0.2) is 0 Å². The van der Waals surface area contributed by atoms with Crippen LogP contribution in [0.5, 0.6) is 0 Å². The first-order chi connectivity index (χ1) is 8.24. The number of rotatable bonds is 1. The Balaban J connectivity index is 2.13. The average Bonchev–Trinajstić information content (AvgIpc) is 2.35. The Morgan fingerprint density at radius 2 is 1.88 bits per heavy atom. The van der Waals surface area contributed by atoms with Gasteiger partial charge in [0, 0.05) is 0 Å². The number of carboxylic acid groups (broad SMARTS) is 1. The molecule has 84 valence electrons. The van der Waals surface area contributed by atoms with Crippen LogP contribution < -0.4 is 0 Å². The average molecular weight is 224 g/mol. The molecule has 1 N–H and O–H groups in total. The van der Waals surface area contributed by atoms with Crippen LogP contribution in [0.2, 0.25) is 0 Å². The topological polar surface area (TPSA) is 37.3 Å². The molecule has 2 heteroatoms. The van der Waals surface area contributed by atoms with Crippen LogP contribution in [0, 0.1) is 5.92 Å². The van der Waals surface area contributed by atoms with Gasteiger partial charge < -0.3 is 5.11 Å². The minimum Gasteiger partial charge on any atom is -0.481 e. The first kappa shape index (κ1) is 10.1. The summed E-state index contributed by atoms with van der Waals surface area (Å²) in [5.41, 5.74) is 2.26. The van der Waals surface area contributed by atoms with Crippen LogP contribution in [0.4, 0.5) is 0 Å². The minimum absolute atomic E-state index is 0.385. The molecular formula is C15H12O2. The molecule has 0 fully saturated rings. The van der Waals surface area contributed by atoms with Crippen molar-refractivity contribution in [1.82, 2.24) is 0 Å². The summed E-state index contributed by atoms with van der Waals surface area (Å²) in [4.78, 5) is 11.0. The predicted octanol–water partition coefficient (Wildman–Crippen LogP) is 3.11. The molecule has 1 unspecified atom stereocenters. The van der Waals surface area contributed by atoms with Crippen molar-refractivity contribution < 1.29 is 9.90 Å². The lowest BCUT2D eigenvalue weighted by Gasteiger charge is -2.16. The van der Waals surface area contributed by atoms with Crippen LogP contribution in [-0.4, -0.2) is 11.1 Å². The van der Waals surface area contributed by atoms with E-state index in [-0.39, 0.29) is 5.92 Å². The van der Waals surface area contributed by atoms with Crippen molar-refractivity contribution in [2.45, 2.75) is 6.42 Å². The number of carboxylic acids is 1. The van der Waals surface area contributed by atoms with Crippen molar-refractivity contribution in [2.75, 3.05) is 0 Å². The zero-order chi connectivity index (χ0) is 11.8. The summed E-state index contributed by atoms with van der Waals surface area (Å²) in [6, 6.07) is 12.4. The maximum Gasteiger partial charge on any atom is 0.310 e. The van der Waals surface area contributed by atoms with Crippen molar-refractivity contribution in [2.24, 2.45) is 5.92 Å². The molecule has 1 aliphatic rings. The Morgan fingerprint density at radius 1 is 1.18 bits per heavy atom. The van der Waals surface area contributed by atoms with Crippen LogP contribution in [0.15, 0.2) is 42.5 Å². The monoisotopic (exact) mass is 224 g/mol. The summed E-state index contributed by atoms with van der Waals surface area (Å²) in [5, 5.41) is 11.4. The Morgan fingerprint density at radius 3 is 2.59 bits per heavy atom. The first-order valence-corrected chi connectivity index (χ1v) is 5.67. The van der Waals surface area contributed by atoms with E-state index in [1.54, 1.807) is 6.08 Å². The summed E-state index contributed by atoms with van der Waals surface area (Å²) >= 11 is 0.